The summed E-state index contributed by atoms with van der Waals surface area (Å²) in [6.45, 7) is 0. The molecule has 3 atom stereocenters. The zero-order valence-electron chi connectivity index (χ0n) is 13.2. The number of hydrogen-bond acceptors (Lipinski definition) is 3. The second-order valence-corrected chi connectivity index (χ2v) is 6.63. The summed E-state index contributed by atoms with van der Waals surface area (Å²) < 4.78 is 0. The van der Waals surface area contributed by atoms with E-state index in [1.54, 1.807) is 6.08 Å². The number of fused-ring (bicyclic) bond motifs is 1. The van der Waals surface area contributed by atoms with Crippen LogP contribution in [0.1, 0.15) is 44.1 Å². The first kappa shape index (κ1) is 15.9. The number of benzene rings is 1. The summed E-state index contributed by atoms with van der Waals surface area (Å²) in [6.07, 6.45) is 7.25. The van der Waals surface area contributed by atoms with E-state index in [-0.39, 0.29) is 23.8 Å². The van der Waals surface area contributed by atoms with Crippen molar-refractivity contribution in [3.8, 4) is 0 Å². The molecule has 0 amide bonds. The lowest BCUT2D eigenvalue weighted by atomic mass is 9.84. The molecule has 0 bridgehead atoms. The maximum Gasteiger partial charge on any atom is 0.332 e. The molecule has 0 spiro atoms. The molecule has 1 aromatic carbocycles. The van der Waals surface area contributed by atoms with Gasteiger partial charge in [0, 0.05) is 18.0 Å². The lowest BCUT2D eigenvalue weighted by Gasteiger charge is -2.24. The van der Waals surface area contributed by atoms with Crippen molar-refractivity contribution < 1.29 is 14.7 Å². The fourth-order valence-corrected chi connectivity index (χ4v) is 3.81. The van der Waals surface area contributed by atoms with E-state index in [0.29, 0.717) is 12.0 Å². The molecule has 2 N–H and O–H groups in total. The van der Waals surface area contributed by atoms with Crippen molar-refractivity contribution in [1.29, 1.82) is 0 Å². The second kappa shape index (κ2) is 7.09. The van der Waals surface area contributed by atoms with Gasteiger partial charge >= 0.3 is 5.97 Å². The molecule has 4 nitrogen and oxygen atoms in total. The Bertz CT molecular complexity index is 594. The Balaban J connectivity index is 1.67. The van der Waals surface area contributed by atoms with Gasteiger partial charge in [-0.15, -0.1) is 0 Å². The Morgan fingerprint density at radius 1 is 1.17 bits per heavy atom. The quantitative estimate of drug-likeness (QED) is 0.820. The summed E-state index contributed by atoms with van der Waals surface area (Å²) >= 11 is 0. The van der Waals surface area contributed by atoms with E-state index >= 15 is 0 Å². The molecule has 1 aliphatic carbocycles. The van der Waals surface area contributed by atoms with Crippen molar-refractivity contribution in [1.82, 2.24) is 5.32 Å². The summed E-state index contributed by atoms with van der Waals surface area (Å²) in [7, 11) is 0. The highest BCUT2D eigenvalue weighted by Crippen LogP contribution is 2.34. The van der Waals surface area contributed by atoms with Crippen LogP contribution in [0.15, 0.2) is 35.9 Å². The maximum absolute atomic E-state index is 12.5. The molecule has 23 heavy (non-hydrogen) atoms. The molecular weight excluding hydrogens is 290 g/mol. The lowest BCUT2D eigenvalue weighted by Crippen LogP contribution is -2.37. The molecule has 3 rings (SSSR count). The largest absolute Gasteiger partial charge is 0.478 e. The van der Waals surface area contributed by atoms with Crippen LogP contribution >= 0.6 is 0 Å². The van der Waals surface area contributed by atoms with Gasteiger partial charge in [0.15, 0.2) is 5.78 Å². The fraction of sp³-hybridized carbons (Fsp3) is 0.474. The molecule has 0 radical (unpaired) electrons. The van der Waals surface area contributed by atoms with Gasteiger partial charge in [0.05, 0.1) is 6.04 Å². The first-order chi connectivity index (χ1) is 11.1. The van der Waals surface area contributed by atoms with Crippen LogP contribution in [0.5, 0.6) is 0 Å². The minimum absolute atomic E-state index is 0.00369. The van der Waals surface area contributed by atoms with Gasteiger partial charge in [-0.2, -0.15) is 0 Å². The summed E-state index contributed by atoms with van der Waals surface area (Å²) in [6, 6.07) is 9.55. The Morgan fingerprint density at radius 3 is 2.61 bits per heavy atom. The van der Waals surface area contributed by atoms with E-state index in [0.717, 1.165) is 18.4 Å². The molecule has 0 aromatic heterocycles. The van der Waals surface area contributed by atoms with Crippen LogP contribution in [0.2, 0.25) is 0 Å². The third-order valence-corrected chi connectivity index (χ3v) is 5.03. The summed E-state index contributed by atoms with van der Waals surface area (Å²) in [5.41, 5.74) is 0.976. The molecule has 1 saturated carbocycles. The molecule has 1 aromatic rings. The van der Waals surface area contributed by atoms with E-state index in [9.17, 15) is 14.7 Å². The number of nitrogens with one attached hydrogen (secondary N) is 1. The van der Waals surface area contributed by atoms with E-state index < -0.39 is 5.97 Å². The lowest BCUT2D eigenvalue weighted by molar-refractivity contribution is -0.134. The molecule has 1 saturated heterocycles. The predicted octanol–water partition coefficient (Wildman–Crippen LogP) is 3.03. The molecule has 4 heteroatoms. The first-order valence-corrected chi connectivity index (χ1v) is 8.41. The smallest absolute Gasteiger partial charge is 0.332 e. The molecular formula is C19H23NO3. The van der Waals surface area contributed by atoms with Gasteiger partial charge in [-0.05, 0) is 36.8 Å². The second-order valence-electron chi connectivity index (χ2n) is 6.63. The molecule has 1 heterocycles. The molecule has 1 aliphatic heterocycles. The standard InChI is InChI=1S/C19H23NO3/c21-18(17-11-14-8-4-5-9-16(14)20-17)12-15(19(22)23)10-13-6-2-1-3-7-13/h1-3,6-7,10,14,16-17,20H,4-5,8-9,11-12H2,(H,22,23)/b15-10+/t14-,16?,17-/m0/s1. The van der Waals surface area contributed by atoms with Crippen molar-refractivity contribution in [2.45, 2.75) is 50.6 Å². The Labute approximate surface area is 136 Å². The predicted molar refractivity (Wildman–Crippen MR) is 89.0 cm³/mol. The number of hydrogen-bond donors (Lipinski definition) is 2. The van der Waals surface area contributed by atoms with Gasteiger partial charge in [0.25, 0.3) is 0 Å². The van der Waals surface area contributed by atoms with E-state index in [1.165, 1.54) is 19.3 Å². The van der Waals surface area contributed by atoms with Gasteiger partial charge < -0.3 is 10.4 Å². The maximum atomic E-state index is 12.5. The monoisotopic (exact) mass is 313 g/mol. The topological polar surface area (TPSA) is 66.4 Å². The third-order valence-electron chi connectivity index (χ3n) is 5.03. The number of aliphatic carboxylic acids is 1. The minimum Gasteiger partial charge on any atom is -0.478 e. The highest BCUT2D eigenvalue weighted by atomic mass is 16.4. The summed E-state index contributed by atoms with van der Waals surface area (Å²) in [5.74, 6) is -0.425. The average Bonchev–Trinajstić information content (AvgIpc) is 2.99. The average molecular weight is 313 g/mol. The first-order valence-electron chi connectivity index (χ1n) is 8.41. The zero-order chi connectivity index (χ0) is 16.2. The van der Waals surface area contributed by atoms with Crippen molar-refractivity contribution >= 4 is 17.8 Å². The van der Waals surface area contributed by atoms with Gasteiger partial charge in [-0.3, -0.25) is 4.79 Å². The Morgan fingerprint density at radius 2 is 1.91 bits per heavy atom. The van der Waals surface area contributed by atoms with E-state index in [1.807, 2.05) is 30.3 Å². The van der Waals surface area contributed by atoms with Crippen LogP contribution in [-0.4, -0.2) is 28.9 Å². The fourth-order valence-electron chi connectivity index (χ4n) is 3.81. The van der Waals surface area contributed by atoms with Crippen molar-refractivity contribution in [2.24, 2.45) is 5.92 Å². The number of carbonyl (C=O) groups excluding carboxylic acids is 1. The summed E-state index contributed by atoms with van der Waals surface area (Å²) in [4.78, 5) is 24.0. The van der Waals surface area contributed by atoms with Gasteiger partial charge in [0.1, 0.15) is 0 Å². The van der Waals surface area contributed by atoms with Gasteiger partial charge in [-0.25, -0.2) is 4.79 Å². The molecule has 122 valence electrons. The number of carboxylic acids is 1. The van der Waals surface area contributed by atoms with Crippen LogP contribution in [0.4, 0.5) is 0 Å². The Kier molecular flexibility index (Phi) is 4.91. The van der Waals surface area contributed by atoms with Crippen LogP contribution in [0.25, 0.3) is 6.08 Å². The van der Waals surface area contributed by atoms with Crippen LogP contribution in [-0.2, 0) is 9.59 Å². The minimum atomic E-state index is -1.02. The van der Waals surface area contributed by atoms with E-state index in [4.69, 9.17) is 0 Å². The number of Topliss-reactive ketones (excluding diaryl/α,β-unsaturated/α-hetero) is 1. The molecule has 1 unspecified atom stereocenters. The van der Waals surface area contributed by atoms with Gasteiger partial charge in [0.2, 0.25) is 0 Å². The highest BCUT2D eigenvalue weighted by Gasteiger charge is 2.38. The van der Waals surface area contributed by atoms with Crippen LogP contribution in [0, 0.1) is 5.92 Å². The normalized spacial score (nSPS) is 27.5. The third kappa shape index (κ3) is 3.88. The molecule has 2 aliphatic rings. The highest BCUT2D eigenvalue weighted by molar-refractivity contribution is 6.00. The van der Waals surface area contributed by atoms with Crippen molar-refractivity contribution in [3.05, 3.63) is 41.5 Å². The number of ketones is 1. The van der Waals surface area contributed by atoms with Crippen LogP contribution in [0.3, 0.4) is 0 Å². The van der Waals surface area contributed by atoms with Gasteiger partial charge in [-0.1, -0.05) is 43.2 Å². The number of carboxylic acid groups (broad SMARTS) is 1. The van der Waals surface area contributed by atoms with Crippen molar-refractivity contribution in [2.75, 3.05) is 0 Å². The SMILES string of the molecule is O=C(O)/C(=C/c1ccccc1)CC(=O)[C@@H]1C[C@@H]2CCCCC2N1. The zero-order valence-corrected chi connectivity index (χ0v) is 13.2. The number of rotatable bonds is 5. The summed E-state index contributed by atoms with van der Waals surface area (Å²) in [5, 5.41) is 12.8. The molecule has 2 fully saturated rings. The number of carbonyl (C=O) groups is 2. The Hall–Kier alpha value is -1.94. The van der Waals surface area contributed by atoms with Crippen molar-refractivity contribution in [3.63, 3.8) is 0 Å². The van der Waals surface area contributed by atoms with E-state index in [2.05, 4.69) is 5.32 Å². The van der Waals surface area contributed by atoms with Crippen LogP contribution < -0.4 is 5.32 Å².